The van der Waals surface area contributed by atoms with Crippen molar-refractivity contribution in [3.05, 3.63) is 59.0 Å². The molecule has 2 aromatic rings. The van der Waals surface area contributed by atoms with Crippen molar-refractivity contribution in [2.24, 2.45) is 4.99 Å². The van der Waals surface area contributed by atoms with Crippen LogP contribution in [-0.2, 0) is 6.54 Å². The molecule has 0 aliphatic heterocycles. The number of nitrogens with one attached hydrogen (secondary N) is 3. The number of benzene rings is 1. The van der Waals surface area contributed by atoms with Gasteiger partial charge in [-0.25, -0.2) is 0 Å². The van der Waals surface area contributed by atoms with Gasteiger partial charge in [0.2, 0.25) is 0 Å². The molecule has 0 saturated carbocycles. The second kappa shape index (κ2) is 11.6. The smallest absolute Gasteiger partial charge is 0.287 e. The number of aliphatic imine (C=N–C) groups is 1. The van der Waals surface area contributed by atoms with Crippen molar-refractivity contribution < 1.29 is 9.21 Å². The zero-order chi connectivity index (χ0) is 18.1. The number of carbonyl (C=O) groups is 1. The van der Waals surface area contributed by atoms with E-state index in [9.17, 15) is 4.79 Å². The fraction of sp³-hybridized carbons (Fsp3) is 0.368. The molecule has 0 spiro atoms. The van der Waals surface area contributed by atoms with E-state index >= 15 is 0 Å². The van der Waals surface area contributed by atoms with Crippen LogP contribution in [0.25, 0.3) is 0 Å². The van der Waals surface area contributed by atoms with Gasteiger partial charge in [-0.2, -0.15) is 0 Å². The number of halogens is 1. The van der Waals surface area contributed by atoms with Crippen LogP contribution in [0.3, 0.4) is 0 Å². The van der Waals surface area contributed by atoms with Gasteiger partial charge in [0, 0.05) is 32.2 Å². The van der Waals surface area contributed by atoms with Crippen LogP contribution in [0.15, 0.2) is 46.0 Å². The van der Waals surface area contributed by atoms with Crippen LogP contribution in [0.5, 0.6) is 0 Å². The summed E-state index contributed by atoms with van der Waals surface area (Å²) in [5, 5.41) is 9.35. The first-order valence-electron chi connectivity index (χ1n) is 8.42. The predicted molar refractivity (Wildman–Crippen MR) is 115 cm³/mol. The first-order valence-corrected chi connectivity index (χ1v) is 8.42. The number of aryl methyl sites for hydroxylation is 2. The second-order valence-electron chi connectivity index (χ2n) is 5.88. The maximum absolute atomic E-state index is 11.9. The molecule has 2 rings (SSSR count). The molecule has 1 amide bonds. The van der Waals surface area contributed by atoms with E-state index < -0.39 is 0 Å². The van der Waals surface area contributed by atoms with E-state index in [4.69, 9.17) is 4.42 Å². The Morgan fingerprint density at radius 3 is 2.35 bits per heavy atom. The second-order valence-corrected chi connectivity index (χ2v) is 5.88. The van der Waals surface area contributed by atoms with Crippen molar-refractivity contribution in [3.63, 3.8) is 0 Å². The quantitative estimate of drug-likeness (QED) is 0.252. The highest BCUT2D eigenvalue weighted by Crippen LogP contribution is 2.07. The monoisotopic (exact) mass is 470 g/mol. The van der Waals surface area contributed by atoms with Gasteiger partial charge in [0.25, 0.3) is 5.91 Å². The van der Waals surface area contributed by atoms with Crippen molar-refractivity contribution in [2.75, 3.05) is 20.1 Å². The summed E-state index contributed by atoms with van der Waals surface area (Å²) in [7, 11) is 1.74. The summed E-state index contributed by atoms with van der Waals surface area (Å²) in [6.45, 7) is 5.92. The Balaban J connectivity index is 0.00000338. The molecule has 1 aromatic carbocycles. The van der Waals surface area contributed by atoms with Gasteiger partial charge in [-0.05, 0) is 31.9 Å². The third kappa shape index (κ3) is 7.07. The minimum Gasteiger partial charge on any atom is -0.459 e. The summed E-state index contributed by atoms with van der Waals surface area (Å²) in [5.74, 6) is 0.946. The summed E-state index contributed by atoms with van der Waals surface area (Å²) < 4.78 is 5.16. The Labute approximate surface area is 171 Å². The lowest BCUT2D eigenvalue weighted by atomic mass is 10.1. The van der Waals surface area contributed by atoms with E-state index in [0.717, 1.165) is 17.9 Å². The van der Waals surface area contributed by atoms with Crippen molar-refractivity contribution in [3.8, 4) is 0 Å². The normalized spacial score (nSPS) is 10.8. The third-order valence-corrected chi connectivity index (χ3v) is 3.80. The van der Waals surface area contributed by atoms with Crippen molar-refractivity contribution in [1.82, 2.24) is 16.0 Å². The van der Waals surface area contributed by atoms with Crippen molar-refractivity contribution >= 4 is 35.8 Å². The van der Waals surface area contributed by atoms with Crippen LogP contribution in [0.1, 0.15) is 33.7 Å². The van der Waals surface area contributed by atoms with E-state index in [2.05, 4.69) is 52.1 Å². The number of furan rings is 1. The fourth-order valence-corrected chi connectivity index (χ4v) is 2.30. The average molecular weight is 470 g/mol. The number of rotatable bonds is 7. The Morgan fingerprint density at radius 2 is 1.73 bits per heavy atom. The zero-order valence-electron chi connectivity index (χ0n) is 15.5. The van der Waals surface area contributed by atoms with Gasteiger partial charge in [-0.1, -0.05) is 29.8 Å². The molecule has 3 N–H and O–H groups in total. The maximum Gasteiger partial charge on any atom is 0.287 e. The number of nitrogens with zero attached hydrogens (tertiary/aromatic N) is 1. The number of hydrogen-bond acceptors (Lipinski definition) is 3. The van der Waals surface area contributed by atoms with Gasteiger partial charge >= 0.3 is 0 Å². The standard InChI is InChI=1S/C19H26N4O2.HI/c1-14-5-7-16(8-6-14)13-23-19(20-3)22-11-4-10-21-18(24)17-15(2)9-12-25-17;/h5-9,12H,4,10-11,13H2,1-3H3,(H,21,24)(H2,20,22,23);1H. The van der Waals surface area contributed by atoms with Crippen LogP contribution < -0.4 is 16.0 Å². The molecule has 0 aliphatic carbocycles. The highest BCUT2D eigenvalue weighted by Gasteiger charge is 2.11. The SMILES string of the molecule is CN=C(NCCCNC(=O)c1occc1C)NCc1ccc(C)cc1.I. The summed E-state index contributed by atoms with van der Waals surface area (Å²) in [5.41, 5.74) is 3.30. The molecular formula is C19H27IN4O2. The minimum atomic E-state index is -0.177. The molecule has 26 heavy (non-hydrogen) atoms. The molecule has 0 radical (unpaired) electrons. The number of amides is 1. The van der Waals surface area contributed by atoms with E-state index in [0.29, 0.717) is 25.4 Å². The summed E-state index contributed by atoms with van der Waals surface area (Å²) in [6.07, 6.45) is 2.31. The minimum absolute atomic E-state index is 0. The predicted octanol–water partition coefficient (Wildman–Crippen LogP) is 3.00. The number of guanidine groups is 1. The van der Waals surface area contributed by atoms with Gasteiger partial charge in [0.1, 0.15) is 0 Å². The fourth-order valence-electron chi connectivity index (χ4n) is 2.30. The van der Waals surface area contributed by atoms with E-state index in [1.807, 2.05) is 6.92 Å². The highest BCUT2D eigenvalue weighted by molar-refractivity contribution is 14.0. The van der Waals surface area contributed by atoms with Gasteiger partial charge in [0.05, 0.1) is 6.26 Å². The van der Waals surface area contributed by atoms with Gasteiger partial charge in [0.15, 0.2) is 11.7 Å². The number of hydrogen-bond donors (Lipinski definition) is 3. The van der Waals surface area contributed by atoms with Crippen LogP contribution in [0.2, 0.25) is 0 Å². The summed E-state index contributed by atoms with van der Waals surface area (Å²) >= 11 is 0. The molecule has 0 saturated heterocycles. The molecule has 0 fully saturated rings. The van der Waals surface area contributed by atoms with Gasteiger partial charge < -0.3 is 20.4 Å². The molecular weight excluding hydrogens is 443 g/mol. The molecule has 0 aliphatic rings. The van der Waals surface area contributed by atoms with Crippen LogP contribution >= 0.6 is 24.0 Å². The molecule has 1 heterocycles. The van der Waals surface area contributed by atoms with Crippen LogP contribution in [-0.4, -0.2) is 32.0 Å². The Kier molecular flexibility index (Phi) is 9.79. The molecule has 6 nitrogen and oxygen atoms in total. The summed E-state index contributed by atoms with van der Waals surface area (Å²) in [6, 6.07) is 10.2. The topological polar surface area (TPSA) is 78.7 Å². The lowest BCUT2D eigenvalue weighted by Gasteiger charge is -2.12. The van der Waals surface area contributed by atoms with Crippen LogP contribution in [0, 0.1) is 13.8 Å². The Bertz CT molecular complexity index is 711. The molecule has 1 aromatic heterocycles. The van der Waals surface area contributed by atoms with E-state index in [1.165, 1.54) is 17.4 Å². The first-order chi connectivity index (χ1) is 12.1. The van der Waals surface area contributed by atoms with Gasteiger partial charge in [-0.3, -0.25) is 9.79 Å². The average Bonchev–Trinajstić information content (AvgIpc) is 3.04. The lowest BCUT2D eigenvalue weighted by Crippen LogP contribution is -2.38. The van der Waals surface area contributed by atoms with E-state index in [1.54, 1.807) is 13.1 Å². The molecule has 0 bridgehead atoms. The largest absolute Gasteiger partial charge is 0.459 e. The number of carbonyl (C=O) groups excluding carboxylic acids is 1. The first kappa shape index (κ1) is 22.0. The Hall–Kier alpha value is -2.03. The Morgan fingerprint density at radius 1 is 1.04 bits per heavy atom. The maximum atomic E-state index is 11.9. The molecule has 0 atom stereocenters. The lowest BCUT2D eigenvalue weighted by molar-refractivity contribution is 0.0925. The molecule has 7 heteroatoms. The third-order valence-electron chi connectivity index (χ3n) is 3.80. The zero-order valence-corrected chi connectivity index (χ0v) is 17.8. The highest BCUT2D eigenvalue weighted by atomic mass is 127. The molecule has 142 valence electrons. The van der Waals surface area contributed by atoms with Gasteiger partial charge in [-0.15, -0.1) is 24.0 Å². The summed E-state index contributed by atoms with van der Waals surface area (Å²) in [4.78, 5) is 16.1. The van der Waals surface area contributed by atoms with E-state index in [-0.39, 0.29) is 29.9 Å². The molecule has 0 unspecified atom stereocenters. The van der Waals surface area contributed by atoms with Crippen LogP contribution in [0.4, 0.5) is 0 Å². The van der Waals surface area contributed by atoms with Crippen molar-refractivity contribution in [2.45, 2.75) is 26.8 Å². The van der Waals surface area contributed by atoms with Crippen molar-refractivity contribution in [1.29, 1.82) is 0 Å².